The number of nitrogens with one attached hydrogen (secondary N) is 1. The third-order valence-electron chi connectivity index (χ3n) is 1.29. The summed E-state index contributed by atoms with van der Waals surface area (Å²) in [5.74, 6) is -0.315. The van der Waals surface area contributed by atoms with Crippen LogP contribution in [0.3, 0.4) is 0 Å². The molecule has 1 aromatic rings. The van der Waals surface area contributed by atoms with Crippen molar-refractivity contribution in [1.29, 1.82) is 0 Å². The van der Waals surface area contributed by atoms with Gasteiger partial charge in [0.25, 0.3) is 5.91 Å². The standard InChI is InChI=1S/C8H10N4O.ClH/c9-5-8(13)12-11-6-7-1-3-10-4-2-7;/h1-4,6H,5,9H2,(H,12,13);1H. The molecule has 1 aromatic heterocycles. The van der Waals surface area contributed by atoms with E-state index < -0.39 is 0 Å². The van der Waals surface area contributed by atoms with E-state index >= 15 is 0 Å². The SMILES string of the molecule is Cl.NCC(=O)NN=Cc1ccncc1. The second-order valence-electron chi connectivity index (χ2n) is 2.28. The fourth-order valence-corrected chi connectivity index (χ4v) is 0.674. The molecule has 1 rings (SSSR count). The number of amides is 1. The Hall–Kier alpha value is -1.46. The van der Waals surface area contributed by atoms with Gasteiger partial charge in [0.2, 0.25) is 0 Å². The van der Waals surface area contributed by atoms with Crippen LogP contribution in [0.15, 0.2) is 29.6 Å². The molecule has 0 atom stereocenters. The maximum absolute atomic E-state index is 10.6. The monoisotopic (exact) mass is 214 g/mol. The van der Waals surface area contributed by atoms with Gasteiger partial charge >= 0.3 is 0 Å². The summed E-state index contributed by atoms with van der Waals surface area (Å²) in [5, 5.41) is 3.68. The van der Waals surface area contributed by atoms with E-state index in [1.54, 1.807) is 24.5 Å². The van der Waals surface area contributed by atoms with E-state index in [2.05, 4.69) is 15.5 Å². The number of pyridine rings is 1. The number of aromatic nitrogens is 1. The zero-order valence-corrected chi connectivity index (χ0v) is 8.20. The maximum Gasteiger partial charge on any atom is 0.253 e. The number of rotatable bonds is 3. The number of nitrogens with zero attached hydrogens (tertiary/aromatic N) is 2. The van der Waals surface area contributed by atoms with Gasteiger partial charge in [-0.1, -0.05) is 0 Å². The average molecular weight is 215 g/mol. The van der Waals surface area contributed by atoms with Crippen molar-refractivity contribution >= 4 is 24.5 Å². The minimum atomic E-state index is -0.315. The third kappa shape index (κ3) is 4.54. The molecule has 0 aliphatic carbocycles. The van der Waals surface area contributed by atoms with Gasteiger partial charge in [-0.3, -0.25) is 9.78 Å². The van der Waals surface area contributed by atoms with E-state index in [-0.39, 0.29) is 24.9 Å². The summed E-state index contributed by atoms with van der Waals surface area (Å²) in [6.07, 6.45) is 4.81. The van der Waals surface area contributed by atoms with Crippen molar-refractivity contribution in [2.75, 3.05) is 6.54 Å². The van der Waals surface area contributed by atoms with Crippen molar-refractivity contribution in [3.05, 3.63) is 30.1 Å². The van der Waals surface area contributed by atoms with Crippen LogP contribution in [0, 0.1) is 0 Å². The molecule has 0 saturated heterocycles. The van der Waals surface area contributed by atoms with E-state index in [0.29, 0.717) is 0 Å². The van der Waals surface area contributed by atoms with Gasteiger partial charge < -0.3 is 5.73 Å². The number of hydrazone groups is 1. The Morgan fingerprint density at radius 2 is 2.21 bits per heavy atom. The molecule has 1 amide bonds. The topological polar surface area (TPSA) is 80.4 Å². The fraction of sp³-hybridized carbons (Fsp3) is 0.125. The Morgan fingerprint density at radius 3 is 2.79 bits per heavy atom. The molecule has 76 valence electrons. The second kappa shape index (κ2) is 6.99. The van der Waals surface area contributed by atoms with Gasteiger partial charge in [0, 0.05) is 12.4 Å². The zero-order valence-electron chi connectivity index (χ0n) is 7.38. The van der Waals surface area contributed by atoms with Crippen LogP contribution < -0.4 is 11.2 Å². The predicted octanol–water partition coefficient (Wildman–Crippen LogP) is -0.0878. The lowest BCUT2D eigenvalue weighted by molar-refractivity contribution is -0.119. The van der Waals surface area contributed by atoms with Crippen molar-refractivity contribution in [3.63, 3.8) is 0 Å². The van der Waals surface area contributed by atoms with E-state index in [4.69, 9.17) is 5.73 Å². The summed E-state index contributed by atoms with van der Waals surface area (Å²) in [4.78, 5) is 14.5. The predicted molar refractivity (Wildman–Crippen MR) is 56.3 cm³/mol. The molecule has 0 aliphatic heterocycles. The van der Waals surface area contributed by atoms with E-state index in [0.717, 1.165) is 5.56 Å². The highest BCUT2D eigenvalue weighted by molar-refractivity contribution is 5.85. The van der Waals surface area contributed by atoms with Gasteiger partial charge in [0.15, 0.2) is 0 Å². The molecule has 0 aliphatic rings. The lowest BCUT2D eigenvalue weighted by Crippen LogP contribution is -2.26. The molecule has 14 heavy (non-hydrogen) atoms. The highest BCUT2D eigenvalue weighted by Crippen LogP contribution is 1.89. The molecule has 0 fully saturated rings. The van der Waals surface area contributed by atoms with Crippen molar-refractivity contribution in [3.8, 4) is 0 Å². The van der Waals surface area contributed by atoms with Crippen molar-refractivity contribution in [1.82, 2.24) is 10.4 Å². The van der Waals surface area contributed by atoms with Gasteiger partial charge in [-0.2, -0.15) is 5.10 Å². The lowest BCUT2D eigenvalue weighted by Gasteiger charge is -1.93. The fourth-order valence-electron chi connectivity index (χ4n) is 0.674. The van der Waals surface area contributed by atoms with Crippen molar-refractivity contribution < 1.29 is 4.79 Å². The first kappa shape index (κ1) is 12.5. The first-order valence-corrected chi connectivity index (χ1v) is 3.75. The van der Waals surface area contributed by atoms with Crippen LogP contribution in [0.4, 0.5) is 0 Å². The molecule has 0 bridgehead atoms. The second-order valence-corrected chi connectivity index (χ2v) is 2.28. The summed E-state index contributed by atoms with van der Waals surface area (Å²) >= 11 is 0. The number of halogens is 1. The average Bonchev–Trinajstić information content (AvgIpc) is 2.19. The van der Waals surface area contributed by atoms with Crippen LogP contribution in [0.5, 0.6) is 0 Å². The van der Waals surface area contributed by atoms with Crippen LogP contribution in [0.25, 0.3) is 0 Å². The molecule has 0 saturated carbocycles. The molecule has 6 heteroatoms. The van der Waals surface area contributed by atoms with E-state index in [9.17, 15) is 4.79 Å². The number of carbonyl (C=O) groups is 1. The maximum atomic E-state index is 10.6. The number of hydrogen-bond donors (Lipinski definition) is 2. The highest BCUT2D eigenvalue weighted by Gasteiger charge is 1.91. The van der Waals surface area contributed by atoms with Gasteiger partial charge in [0.05, 0.1) is 12.8 Å². The van der Waals surface area contributed by atoms with Crippen LogP contribution in [-0.4, -0.2) is 23.7 Å². The molecule has 0 aromatic carbocycles. The summed E-state index contributed by atoms with van der Waals surface area (Å²) in [6, 6.07) is 3.55. The van der Waals surface area contributed by atoms with Crippen LogP contribution in [0.1, 0.15) is 5.56 Å². The normalized spacial score (nSPS) is 9.50. The summed E-state index contributed by atoms with van der Waals surface area (Å²) in [7, 11) is 0. The van der Waals surface area contributed by atoms with Gasteiger partial charge in [-0.05, 0) is 17.7 Å². The Kier molecular flexibility index (Phi) is 6.26. The molecular formula is C8H11ClN4O. The first-order chi connectivity index (χ1) is 6.33. The largest absolute Gasteiger partial charge is 0.322 e. The third-order valence-corrected chi connectivity index (χ3v) is 1.29. The Morgan fingerprint density at radius 1 is 1.57 bits per heavy atom. The zero-order chi connectivity index (χ0) is 9.52. The van der Waals surface area contributed by atoms with E-state index in [1.807, 2.05) is 0 Å². The van der Waals surface area contributed by atoms with Crippen molar-refractivity contribution in [2.24, 2.45) is 10.8 Å². The first-order valence-electron chi connectivity index (χ1n) is 3.75. The van der Waals surface area contributed by atoms with Gasteiger partial charge in [-0.15, -0.1) is 12.4 Å². The van der Waals surface area contributed by atoms with E-state index in [1.165, 1.54) is 6.21 Å². The van der Waals surface area contributed by atoms with Crippen LogP contribution in [-0.2, 0) is 4.79 Å². The number of nitrogens with two attached hydrogens (primary N) is 1. The Labute approximate surface area is 87.8 Å². The molecule has 5 nitrogen and oxygen atoms in total. The Balaban J connectivity index is 0.00000169. The lowest BCUT2D eigenvalue weighted by atomic mass is 10.3. The van der Waals surface area contributed by atoms with Gasteiger partial charge in [0.1, 0.15) is 0 Å². The minimum Gasteiger partial charge on any atom is -0.322 e. The number of carbonyl (C=O) groups excluding carboxylic acids is 1. The highest BCUT2D eigenvalue weighted by atomic mass is 35.5. The molecule has 0 spiro atoms. The van der Waals surface area contributed by atoms with Gasteiger partial charge in [-0.25, -0.2) is 5.43 Å². The quantitative estimate of drug-likeness (QED) is 0.545. The van der Waals surface area contributed by atoms with Crippen molar-refractivity contribution in [2.45, 2.75) is 0 Å². The molecular weight excluding hydrogens is 204 g/mol. The molecule has 3 N–H and O–H groups in total. The summed E-state index contributed by atoms with van der Waals surface area (Å²) in [6.45, 7) is -0.0618. The summed E-state index contributed by atoms with van der Waals surface area (Å²) in [5.41, 5.74) is 8.19. The van der Waals surface area contributed by atoms with Crippen LogP contribution >= 0.6 is 12.4 Å². The Bertz CT molecular complexity index is 301. The molecule has 0 radical (unpaired) electrons. The smallest absolute Gasteiger partial charge is 0.253 e. The molecule has 1 heterocycles. The molecule has 0 unspecified atom stereocenters. The van der Waals surface area contributed by atoms with Crippen LogP contribution in [0.2, 0.25) is 0 Å². The minimum absolute atomic E-state index is 0. The number of hydrogen-bond acceptors (Lipinski definition) is 4. The summed E-state index contributed by atoms with van der Waals surface area (Å²) < 4.78 is 0.